The Morgan fingerprint density at radius 1 is 1.56 bits per heavy atom. The van der Waals surface area contributed by atoms with Crippen LogP contribution in [0.1, 0.15) is 18.9 Å². The van der Waals surface area contributed by atoms with Crippen LogP contribution in [-0.4, -0.2) is 12.3 Å². The molecule has 0 spiro atoms. The minimum atomic E-state index is -0.391. The van der Waals surface area contributed by atoms with Gasteiger partial charge >= 0.3 is 0 Å². The van der Waals surface area contributed by atoms with Crippen LogP contribution in [0.25, 0.3) is 0 Å². The summed E-state index contributed by atoms with van der Waals surface area (Å²) >= 11 is 5.74. The molecule has 0 aliphatic heterocycles. The monoisotopic (exact) mass is 243 g/mol. The molecule has 0 aliphatic rings. The van der Waals surface area contributed by atoms with Gasteiger partial charge in [-0.1, -0.05) is 18.5 Å². The van der Waals surface area contributed by atoms with E-state index in [9.17, 15) is 9.18 Å². The first-order valence-corrected chi connectivity index (χ1v) is 5.56. The van der Waals surface area contributed by atoms with E-state index in [-0.39, 0.29) is 18.1 Å². The third-order valence-electron chi connectivity index (χ3n) is 2.37. The maximum absolute atomic E-state index is 13.3. The summed E-state index contributed by atoms with van der Waals surface area (Å²) in [7, 11) is 0. The molecule has 0 saturated heterocycles. The number of hydrogen-bond acceptors (Lipinski definition) is 2. The average molecular weight is 244 g/mol. The predicted octanol–water partition coefficient (Wildman–Crippen LogP) is 2.58. The van der Waals surface area contributed by atoms with E-state index in [1.165, 1.54) is 18.2 Å². The number of rotatable bonds is 5. The molecule has 1 aromatic rings. The normalized spacial score (nSPS) is 12.5. The Bertz CT molecular complexity index is 381. The van der Waals surface area contributed by atoms with E-state index in [1.54, 1.807) is 0 Å². The summed E-state index contributed by atoms with van der Waals surface area (Å²) in [4.78, 5) is 11.6. The molecule has 0 radical (unpaired) electrons. The summed E-state index contributed by atoms with van der Waals surface area (Å²) in [6.45, 7) is 2.36. The van der Waals surface area contributed by atoms with Crippen LogP contribution in [0, 0.1) is 11.7 Å². The van der Waals surface area contributed by atoms with Crippen molar-refractivity contribution in [1.82, 2.24) is 0 Å². The van der Waals surface area contributed by atoms with Gasteiger partial charge in [0.1, 0.15) is 11.6 Å². The maximum atomic E-state index is 13.3. The Balaban J connectivity index is 2.65. The molecule has 88 valence electrons. The molecule has 16 heavy (non-hydrogen) atoms. The van der Waals surface area contributed by atoms with E-state index in [0.717, 1.165) is 0 Å². The number of hydrogen-bond donors (Lipinski definition) is 1. The lowest BCUT2D eigenvalue weighted by Crippen LogP contribution is -2.16. The van der Waals surface area contributed by atoms with Gasteiger partial charge in [0.2, 0.25) is 0 Å². The zero-order valence-corrected chi connectivity index (χ0v) is 9.93. The largest absolute Gasteiger partial charge is 0.330 e. The molecule has 0 heterocycles. The van der Waals surface area contributed by atoms with Gasteiger partial charge in [0.05, 0.1) is 0 Å². The minimum Gasteiger partial charge on any atom is -0.330 e. The number of nitrogens with two attached hydrogens (primary N) is 1. The Hall–Kier alpha value is -0.930. The first-order chi connectivity index (χ1) is 7.52. The van der Waals surface area contributed by atoms with Crippen molar-refractivity contribution in [1.29, 1.82) is 0 Å². The van der Waals surface area contributed by atoms with E-state index in [1.807, 2.05) is 6.92 Å². The van der Waals surface area contributed by atoms with Gasteiger partial charge in [-0.2, -0.15) is 0 Å². The van der Waals surface area contributed by atoms with Gasteiger partial charge in [-0.25, -0.2) is 4.39 Å². The maximum Gasteiger partial charge on any atom is 0.137 e. The topological polar surface area (TPSA) is 43.1 Å². The van der Waals surface area contributed by atoms with Crippen LogP contribution < -0.4 is 5.73 Å². The standard InChI is InChI=1S/C12H15ClFNO/c1-8(7-15)4-11(16)6-9-5-10(13)2-3-12(9)14/h2-3,5,8H,4,6-7,15H2,1H3. The highest BCUT2D eigenvalue weighted by molar-refractivity contribution is 6.30. The Morgan fingerprint density at radius 3 is 2.88 bits per heavy atom. The van der Waals surface area contributed by atoms with Crippen molar-refractivity contribution in [3.05, 3.63) is 34.6 Å². The van der Waals surface area contributed by atoms with E-state index in [4.69, 9.17) is 17.3 Å². The zero-order chi connectivity index (χ0) is 12.1. The van der Waals surface area contributed by atoms with Crippen LogP contribution in [0.3, 0.4) is 0 Å². The molecule has 2 N–H and O–H groups in total. The molecule has 0 fully saturated rings. The van der Waals surface area contributed by atoms with Crippen LogP contribution in [0.2, 0.25) is 5.02 Å². The van der Waals surface area contributed by atoms with Crippen molar-refractivity contribution in [3.8, 4) is 0 Å². The Kier molecular flexibility index (Phi) is 4.90. The summed E-state index contributed by atoms with van der Waals surface area (Å²) in [5, 5.41) is 0.441. The first-order valence-electron chi connectivity index (χ1n) is 5.18. The fourth-order valence-corrected chi connectivity index (χ4v) is 1.63. The summed E-state index contributed by atoms with van der Waals surface area (Å²) in [6.07, 6.45) is 0.458. The predicted molar refractivity (Wildman–Crippen MR) is 63.0 cm³/mol. The lowest BCUT2D eigenvalue weighted by molar-refractivity contribution is -0.119. The molecule has 2 nitrogen and oxygen atoms in total. The van der Waals surface area contributed by atoms with E-state index >= 15 is 0 Å². The van der Waals surface area contributed by atoms with E-state index in [0.29, 0.717) is 23.6 Å². The second-order valence-electron chi connectivity index (χ2n) is 4.00. The summed E-state index contributed by atoms with van der Waals surface area (Å²) in [5.41, 5.74) is 5.77. The molecular formula is C12H15ClFNO. The molecule has 1 atom stereocenters. The zero-order valence-electron chi connectivity index (χ0n) is 9.17. The van der Waals surface area contributed by atoms with Crippen LogP contribution in [0.5, 0.6) is 0 Å². The number of Topliss-reactive ketones (excluding diaryl/α,β-unsaturated/α-hetero) is 1. The molecule has 1 unspecified atom stereocenters. The van der Waals surface area contributed by atoms with Crippen molar-refractivity contribution in [3.63, 3.8) is 0 Å². The summed E-state index contributed by atoms with van der Waals surface area (Å²) < 4.78 is 13.3. The summed E-state index contributed by atoms with van der Waals surface area (Å²) in [6, 6.07) is 4.23. The van der Waals surface area contributed by atoms with E-state index < -0.39 is 5.82 Å². The SMILES string of the molecule is CC(CN)CC(=O)Cc1cc(Cl)ccc1F. The number of carbonyl (C=O) groups excluding carboxylic acids is 1. The molecule has 0 bridgehead atoms. The third kappa shape index (κ3) is 3.91. The van der Waals surface area contributed by atoms with Gasteiger partial charge in [-0.15, -0.1) is 0 Å². The fourth-order valence-electron chi connectivity index (χ4n) is 1.44. The van der Waals surface area contributed by atoms with Crippen molar-refractivity contribution >= 4 is 17.4 Å². The molecule has 4 heteroatoms. The van der Waals surface area contributed by atoms with Gasteiger partial charge < -0.3 is 5.73 Å². The van der Waals surface area contributed by atoms with Crippen molar-refractivity contribution < 1.29 is 9.18 Å². The Labute approximate surface area is 99.6 Å². The molecule has 0 saturated carbocycles. The molecule has 0 aromatic heterocycles. The minimum absolute atomic E-state index is 0.0147. The van der Waals surface area contributed by atoms with Gasteiger partial charge in [0, 0.05) is 17.9 Å². The van der Waals surface area contributed by atoms with Gasteiger partial charge in [0.15, 0.2) is 0 Å². The molecule has 1 aromatic carbocycles. The fraction of sp³-hybridized carbons (Fsp3) is 0.417. The van der Waals surface area contributed by atoms with Crippen molar-refractivity contribution in [2.24, 2.45) is 11.7 Å². The third-order valence-corrected chi connectivity index (χ3v) is 2.61. The smallest absolute Gasteiger partial charge is 0.137 e. The van der Waals surface area contributed by atoms with Crippen molar-refractivity contribution in [2.45, 2.75) is 19.8 Å². The lowest BCUT2D eigenvalue weighted by Gasteiger charge is -2.07. The van der Waals surface area contributed by atoms with Gasteiger partial charge in [0.25, 0.3) is 0 Å². The average Bonchev–Trinajstić information content (AvgIpc) is 2.23. The molecule has 1 rings (SSSR count). The number of ketones is 1. The van der Waals surface area contributed by atoms with Crippen LogP contribution in [0.15, 0.2) is 18.2 Å². The summed E-state index contributed by atoms with van der Waals surface area (Å²) in [5.74, 6) is -0.271. The van der Waals surface area contributed by atoms with Crippen LogP contribution in [0.4, 0.5) is 4.39 Å². The van der Waals surface area contributed by atoms with Crippen LogP contribution >= 0.6 is 11.6 Å². The van der Waals surface area contributed by atoms with Crippen molar-refractivity contribution in [2.75, 3.05) is 6.54 Å². The number of carbonyl (C=O) groups is 1. The quantitative estimate of drug-likeness (QED) is 0.864. The number of halogens is 2. The second kappa shape index (κ2) is 5.97. The highest BCUT2D eigenvalue weighted by atomic mass is 35.5. The second-order valence-corrected chi connectivity index (χ2v) is 4.43. The highest BCUT2D eigenvalue weighted by Crippen LogP contribution is 2.16. The Morgan fingerprint density at radius 2 is 2.25 bits per heavy atom. The number of benzene rings is 1. The highest BCUT2D eigenvalue weighted by Gasteiger charge is 2.11. The molecular weight excluding hydrogens is 229 g/mol. The molecule has 0 amide bonds. The molecule has 0 aliphatic carbocycles. The first kappa shape index (κ1) is 13.1. The van der Waals surface area contributed by atoms with Gasteiger partial charge in [-0.05, 0) is 36.2 Å². The lowest BCUT2D eigenvalue weighted by atomic mass is 10.00. The van der Waals surface area contributed by atoms with Crippen LogP contribution in [-0.2, 0) is 11.2 Å². The van der Waals surface area contributed by atoms with E-state index in [2.05, 4.69) is 0 Å². The van der Waals surface area contributed by atoms with Gasteiger partial charge in [-0.3, -0.25) is 4.79 Å².